The van der Waals surface area contributed by atoms with E-state index < -0.39 is 8.56 Å². The molecule has 0 aliphatic carbocycles. The van der Waals surface area contributed by atoms with E-state index >= 15 is 0 Å². The Morgan fingerprint density at radius 1 is 0.714 bits per heavy atom. The molecule has 0 saturated carbocycles. The van der Waals surface area contributed by atoms with Crippen molar-refractivity contribution in [1.29, 1.82) is 0 Å². The third-order valence-electron chi connectivity index (χ3n) is 4.38. The number of hydrogen-bond acceptors (Lipinski definition) is 2. The molecule has 126 valence electrons. The highest BCUT2D eigenvalue weighted by Gasteiger charge is 2.30. The number of rotatable bonds is 16. The van der Waals surface area contributed by atoms with Crippen molar-refractivity contribution in [3.05, 3.63) is 12.3 Å². The summed E-state index contributed by atoms with van der Waals surface area (Å²) in [7, 11) is 1.45. The van der Waals surface area contributed by atoms with Crippen molar-refractivity contribution in [3.63, 3.8) is 0 Å². The average molecular weight is 315 g/mol. The van der Waals surface area contributed by atoms with E-state index in [4.69, 9.17) is 8.85 Å². The first-order chi connectivity index (χ1) is 10.2. The second kappa shape index (κ2) is 14.8. The molecule has 0 unspecified atom stereocenters. The molecule has 0 fully saturated rings. The summed E-state index contributed by atoms with van der Waals surface area (Å²) >= 11 is 0. The number of unbranched alkanes of at least 4 members (excludes halogenated alkanes) is 11. The number of hydrogen-bond donors (Lipinski definition) is 0. The lowest BCUT2D eigenvalue weighted by molar-refractivity contribution is 0.254. The second-order valence-corrected chi connectivity index (χ2v) is 9.41. The van der Waals surface area contributed by atoms with Crippen LogP contribution in [0.4, 0.5) is 0 Å². The van der Waals surface area contributed by atoms with Crippen molar-refractivity contribution in [1.82, 2.24) is 0 Å². The third-order valence-corrected chi connectivity index (χ3v) is 7.44. The molecule has 0 saturated heterocycles. The van der Waals surface area contributed by atoms with E-state index in [9.17, 15) is 0 Å². The molecule has 0 heterocycles. The smallest absolute Gasteiger partial charge is 0.363 e. The topological polar surface area (TPSA) is 18.5 Å². The molecule has 0 aliphatic heterocycles. The maximum atomic E-state index is 5.53. The van der Waals surface area contributed by atoms with E-state index in [1.807, 2.05) is 5.70 Å². The molecule has 0 bridgehead atoms. The molecule has 2 nitrogen and oxygen atoms in total. The quantitative estimate of drug-likeness (QED) is 0.251. The standard InChI is InChI=1S/C18H38O2Si/c1-5-7-8-9-10-11-12-13-14-15-16-17-18-21(6-2,19-3)20-4/h6H,2,5,7-18H2,1,3-4H3. The van der Waals surface area contributed by atoms with Gasteiger partial charge in [0.1, 0.15) is 0 Å². The van der Waals surface area contributed by atoms with E-state index in [2.05, 4.69) is 13.5 Å². The predicted molar refractivity (Wildman–Crippen MR) is 95.9 cm³/mol. The van der Waals surface area contributed by atoms with Crippen LogP contribution in [-0.4, -0.2) is 22.8 Å². The minimum atomic E-state index is -2.05. The summed E-state index contributed by atoms with van der Waals surface area (Å²) in [6, 6.07) is 1.04. The molecule has 21 heavy (non-hydrogen) atoms. The van der Waals surface area contributed by atoms with Gasteiger partial charge in [-0.2, -0.15) is 0 Å². The molecular weight excluding hydrogens is 276 g/mol. The molecule has 0 spiro atoms. The first-order valence-electron chi connectivity index (χ1n) is 8.98. The Morgan fingerprint density at radius 2 is 1.10 bits per heavy atom. The van der Waals surface area contributed by atoms with Gasteiger partial charge in [-0.05, 0) is 11.7 Å². The van der Waals surface area contributed by atoms with Crippen LogP contribution in [0.15, 0.2) is 12.3 Å². The minimum absolute atomic E-state index is 1.04. The van der Waals surface area contributed by atoms with Crippen LogP contribution in [0.5, 0.6) is 0 Å². The van der Waals surface area contributed by atoms with Crippen molar-refractivity contribution in [3.8, 4) is 0 Å². The normalized spacial score (nSPS) is 11.8. The molecule has 0 aromatic rings. The van der Waals surface area contributed by atoms with Gasteiger partial charge in [0.05, 0.1) is 0 Å². The lowest BCUT2D eigenvalue weighted by Gasteiger charge is -2.23. The van der Waals surface area contributed by atoms with Gasteiger partial charge in [0, 0.05) is 14.2 Å². The van der Waals surface area contributed by atoms with Crippen LogP contribution in [0.25, 0.3) is 0 Å². The summed E-state index contributed by atoms with van der Waals surface area (Å²) in [4.78, 5) is 0. The molecule has 0 aliphatic rings. The first kappa shape index (κ1) is 20.9. The van der Waals surface area contributed by atoms with Gasteiger partial charge in [-0.15, -0.1) is 6.58 Å². The van der Waals surface area contributed by atoms with Crippen LogP contribution >= 0.6 is 0 Å². The molecule has 0 amide bonds. The van der Waals surface area contributed by atoms with Crippen molar-refractivity contribution in [2.45, 2.75) is 90.0 Å². The van der Waals surface area contributed by atoms with Gasteiger partial charge in [0.15, 0.2) is 0 Å². The fourth-order valence-corrected chi connectivity index (χ4v) is 4.62. The van der Waals surface area contributed by atoms with Gasteiger partial charge in [-0.1, -0.05) is 84.0 Å². The van der Waals surface area contributed by atoms with Gasteiger partial charge >= 0.3 is 8.56 Å². The zero-order valence-electron chi connectivity index (χ0n) is 14.8. The lowest BCUT2D eigenvalue weighted by atomic mass is 10.1. The van der Waals surface area contributed by atoms with Crippen LogP contribution in [0.3, 0.4) is 0 Å². The summed E-state index contributed by atoms with van der Waals surface area (Å²) < 4.78 is 11.1. The summed E-state index contributed by atoms with van der Waals surface area (Å²) in [6.45, 7) is 6.14. The van der Waals surface area contributed by atoms with Crippen molar-refractivity contribution in [2.75, 3.05) is 14.2 Å². The predicted octanol–water partition coefficient (Wildman–Crippen LogP) is 6.15. The van der Waals surface area contributed by atoms with Gasteiger partial charge < -0.3 is 8.85 Å². The Labute approximate surface area is 134 Å². The minimum Gasteiger partial charge on any atom is -0.395 e. The highest BCUT2D eigenvalue weighted by atomic mass is 28.4. The Balaban J connectivity index is 3.31. The SMILES string of the molecule is C=C[Si](CCCCCCCCCCCCCC)(OC)OC. The monoisotopic (exact) mass is 314 g/mol. The molecule has 3 heteroatoms. The van der Waals surface area contributed by atoms with Gasteiger partial charge in [-0.3, -0.25) is 0 Å². The third kappa shape index (κ3) is 11.1. The lowest BCUT2D eigenvalue weighted by Crippen LogP contribution is -2.37. The van der Waals surface area contributed by atoms with Crippen molar-refractivity contribution < 1.29 is 8.85 Å². The van der Waals surface area contributed by atoms with Gasteiger partial charge in [0.2, 0.25) is 0 Å². The summed E-state index contributed by atoms with van der Waals surface area (Å²) in [5.74, 6) is 0. The van der Waals surface area contributed by atoms with Crippen molar-refractivity contribution >= 4 is 8.56 Å². The molecule has 0 N–H and O–H groups in total. The maximum Gasteiger partial charge on any atom is 0.363 e. The molecule has 0 atom stereocenters. The van der Waals surface area contributed by atoms with Gasteiger partial charge in [0.25, 0.3) is 0 Å². The van der Waals surface area contributed by atoms with Gasteiger partial charge in [-0.25, -0.2) is 0 Å². The molecule has 0 aromatic carbocycles. The fraction of sp³-hybridized carbons (Fsp3) is 0.889. The van der Waals surface area contributed by atoms with Crippen LogP contribution in [0.1, 0.15) is 84.0 Å². The van der Waals surface area contributed by atoms with Crippen LogP contribution in [0, 0.1) is 0 Å². The second-order valence-electron chi connectivity index (χ2n) is 6.06. The Kier molecular flexibility index (Phi) is 14.7. The summed E-state index contributed by atoms with van der Waals surface area (Å²) in [5, 5.41) is 0. The Morgan fingerprint density at radius 3 is 1.43 bits per heavy atom. The summed E-state index contributed by atoms with van der Waals surface area (Å²) in [5.41, 5.74) is 1.91. The Bertz CT molecular complexity index is 227. The largest absolute Gasteiger partial charge is 0.395 e. The van der Waals surface area contributed by atoms with Crippen molar-refractivity contribution in [2.24, 2.45) is 0 Å². The Hall–Kier alpha value is -0.123. The first-order valence-corrected chi connectivity index (χ1v) is 11.1. The molecule has 0 aromatic heterocycles. The molecule has 0 radical (unpaired) electrons. The van der Waals surface area contributed by atoms with E-state index in [-0.39, 0.29) is 0 Å². The highest BCUT2D eigenvalue weighted by Crippen LogP contribution is 2.19. The van der Waals surface area contributed by atoms with E-state index in [1.54, 1.807) is 14.2 Å². The average Bonchev–Trinajstić information content (AvgIpc) is 2.53. The maximum absolute atomic E-state index is 5.53. The molecular formula is C18H38O2Si. The van der Waals surface area contributed by atoms with E-state index in [1.165, 1.54) is 77.0 Å². The zero-order valence-corrected chi connectivity index (χ0v) is 15.8. The highest BCUT2D eigenvalue weighted by molar-refractivity contribution is 6.72. The van der Waals surface area contributed by atoms with Crippen LogP contribution < -0.4 is 0 Å². The zero-order chi connectivity index (χ0) is 15.8. The van der Waals surface area contributed by atoms with Crippen LogP contribution in [0.2, 0.25) is 6.04 Å². The van der Waals surface area contributed by atoms with E-state index in [0.717, 1.165) is 6.04 Å². The molecule has 0 rings (SSSR count). The fourth-order valence-electron chi connectivity index (χ4n) is 2.77. The summed E-state index contributed by atoms with van der Waals surface area (Å²) in [6.07, 6.45) is 16.6. The van der Waals surface area contributed by atoms with Crippen LogP contribution in [-0.2, 0) is 8.85 Å². The van der Waals surface area contributed by atoms with E-state index in [0.29, 0.717) is 0 Å².